The topological polar surface area (TPSA) is 58.4 Å². The Hall–Kier alpha value is -1.69. The average Bonchev–Trinajstić information content (AvgIpc) is 3.08. The van der Waals surface area contributed by atoms with Crippen molar-refractivity contribution in [2.24, 2.45) is 11.7 Å². The zero-order valence-corrected chi connectivity index (χ0v) is 12.4. The molecule has 120 valence electrons. The normalized spacial score (nSPS) is 28.1. The Labute approximate surface area is 128 Å². The predicted molar refractivity (Wildman–Crippen MR) is 80.4 cm³/mol. The van der Waals surface area contributed by atoms with Crippen LogP contribution in [0.25, 0.3) is 0 Å². The van der Waals surface area contributed by atoms with Crippen LogP contribution >= 0.6 is 0 Å². The van der Waals surface area contributed by atoms with Crippen LogP contribution in [0, 0.1) is 17.6 Å². The van der Waals surface area contributed by atoms with Crippen molar-refractivity contribution in [1.29, 1.82) is 0 Å². The molecule has 3 atom stereocenters. The van der Waals surface area contributed by atoms with Crippen molar-refractivity contribution in [3.05, 3.63) is 29.8 Å². The number of amides is 1. The minimum absolute atomic E-state index is 0.00949. The maximum atomic E-state index is 13.8. The highest BCUT2D eigenvalue weighted by Gasteiger charge is 2.33. The largest absolute Gasteiger partial charge is 0.367 e. The fraction of sp³-hybridized carbons (Fsp3) is 0.562. The molecule has 1 amide bonds. The molecule has 0 spiro atoms. The van der Waals surface area contributed by atoms with Crippen molar-refractivity contribution in [3.63, 3.8) is 0 Å². The average molecular weight is 309 g/mol. The summed E-state index contributed by atoms with van der Waals surface area (Å²) in [6.07, 6.45) is 3.49. The first-order valence-corrected chi connectivity index (χ1v) is 7.80. The van der Waals surface area contributed by atoms with Gasteiger partial charge < -0.3 is 16.0 Å². The number of nitrogens with one attached hydrogen (secondary N) is 1. The molecule has 1 saturated heterocycles. The van der Waals surface area contributed by atoms with Gasteiger partial charge in [-0.2, -0.15) is 0 Å². The van der Waals surface area contributed by atoms with Gasteiger partial charge in [0.05, 0.1) is 11.6 Å². The van der Waals surface area contributed by atoms with Gasteiger partial charge in [-0.3, -0.25) is 4.79 Å². The van der Waals surface area contributed by atoms with E-state index >= 15 is 0 Å². The van der Waals surface area contributed by atoms with Gasteiger partial charge in [0.1, 0.15) is 11.6 Å². The highest BCUT2D eigenvalue weighted by molar-refractivity contribution is 5.80. The van der Waals surface area contributed by atoms with Crippen molar-refractivity contribution in [3.8, 4) is 0 Å². The number of hydrogen-bond donors (Lipinski definition) is 2. The number of hydrogen-bond acceptors (Lipinski definition) is 3. The minimum atomic E-state index is -0.583. The van der Waals surface area contributed by atoms with Crippen LogP contribution in [0.3, 0.4) is 0 Å². The van der Waals surface area contributed by atoms with E-state index in [1.165, 1.54) is 12.1 Å². The maximum Gasteiger partial charge on any atom is 0.224 e. The number of benzene rings is 1. The maximum absolute atomic E-state index is 13.8. The lowest BCUT2D eigenvalue weighted by Crippen LogP contribution is -2.44. The van der Waals surface area contributed by atoms with Crippen LogP contribution in [0.15, 0.2) is 18.2 Å². The first-order valence-electron chi connectivity index (χ1n) is 7.80. The monoisotopic (exact) mass is 309 g/mol. The molecule has 1 aromatic rings. The predicted octanol–water partition coefficient (Wildman–Crippen LogP) is 1.79. The van der Waals surface area contributed by atoms with Gasteiger partial charge in [0.25, 0.3) is 0 Å². The molecule has 0 aromatic heterocycles. The van der Waals surface area contributed by atoms with E-state index in [-0.39, 0.29) is 23.9 Å². The Bertz CT molecular complexity index is 566. The van der Waals surface area contributed by atoms with Crippen molar-refractivity contribution in [2.45, 2.75) is 37.8 Å². The highest BCUT2D eigenvalue weighted by Crippen LogP contribution is 2.26. The van der Waals surface area contributed by atoms with Crippen molar-refractivity contribution >= 4 is 11.6 Å². The lowest BCUT2D eigenvalue weighted by atomic mass is 10.0. The molecule has 22 heavy (non-hydrogen) atoms. The minimum Gasteiger partial charge on any atom is -0.367 e. The van der Waals surface area contributed by atoms with E-state index in [1.807, 2.05) is 4.90 Å². The molecule has 3 N–H and O–H groups in total. The van der Waals surface area contributed by atoms with Crippen molar-refractivity contribution < 1.29 is 13.6 Å². The summed E-state index contributed by atoms with van der Waals surface area (Å²) < 4.78 is 26.8. The van der Waals surface area contributed by atoms with Gasteiger partial charge in [0.15, 0.2) is 0 Å². The van der Waals surface area contributed by atoms with Gasteiger partial charge in [-0.15, -0.1) is 0 Å². The van der Waals surface area contributed by atoms with Crippen LogP contribution in [0.4, 0.5) is 14.5 Å². The van der Waals surface area contributed by atoms with E-state index < -0.39 is 11.6 Å². The van der Waals surface area contributed by atoms with E-state index in [9.17, 15) is 13.6 Å². The van der Waals surface area contributed by atoms with Crippen LogP contribution < -0.4 is 16.0 Å². The van der Waals surface area contributed by atoms with Crippen LogP contribution in [-0.4, -0.2) is 31.1 Å². The molecule has 1 heterocycles. The summed E-state index contributed by atoms with van der Waals surface area (Å²) in [5, 5.41) is 3.02. The van der Waals surface area contributed by atoms with Gasteiger partial charge >= 0.3 is 0 Å². The van der Waals surface area contributed by atoms with E-state index in [1.54, 1.807) is 0 Å². The van der Waals surface area contributed by atoms with Gasteiger partial charge in [-0.1, -0.05) is 6.42 Å². The fourth-order valence-electron chi connectivity index (χ4n) is 3.46. The second-order valence-electron chi connectivity index (χ2n) is 6.24. The second-order valence-corrected chi connectivity index (χ2v) is 6.24. The third-order valence-corrected chi connectivity index (χ3v) is 4.69. The summed E-state index contributed by atoms with van der Waals surface area (Å²) in [4.78, 5) is 14.1. The Balaban J connectivity index is 1.59. The molecule has 0 unspecified atom stereocenters. The van der Waals surface area contributed by atoms with Gasteiger partial charge in [-0.25, -0.2) is 8.78 Å². The van der Waals surface area contributed by atoms with Crippen LogP contribution in [0.1, 0.15) is 25.7 Å². The molecule has 2 fully saturated rings. The summed E-state index contributed by atoms with van der Waals surface area (Å²) in [6, 6.07) is 3.53. The summed E-state index contributed by atoms with van der Waals surface area (Å²) in [5.74, 6) is -1.24. The molecule has 1 aliphatic carbocycles. The lowest BCUT2D eigenvalue weighted by Gasteiger charge is -2.21. The molecule has 1 aromatic carbocycles. The number of nitrogens with two attached hydrogens (primary N) is 1. The number of carbonyl (C=O) groups excluding carboxylic acids is 1. The summed E-state index contributed by atoms with van der Waals surface area (Å²) in [7, 11) is 0. The van der Waals surface area contributed by atoms with Crippen molar-refractivity contribution in [1.82, 2.24) is 5.32 Å². The highest BCUT2D eigenvalue weighted by atomic mass is 19.1. The number of rotatable bonds is 3. The molecule has 2 aliphatic rings. The molecule has 4 nitrogen and oxygen atoms in total. The molecule has 1 aliphatic heterocycles. The zero-order chi connectivity index (χ0) is 15.7. The van der Waals surface area contributed by atoms with E-state index in [2.05, 4.69) is 5.32 Å². The van der Waals surface area contributed by atoms with Crippen molar-refractivity contribution in [2.75, 3.05) is 18.0 Å². The molecule has 1 saturated carbocycles. The SMILES string of the molecule is N[C@@H]1CCC[C@H]1C(=O)N[C@@H]1CCN(c2ccc(F)cc2F)C1. The zero-order valence-electron chi connectivity index (χ0n) is 12.4. The first kappa shape index (κ1) is 15.2. The summed E-state index contributed by atoms with van der Waals surface area (Å²) >= 11 is 0. The smallest absolute Gasteiger partial charge is 0.224 e. The number of anilines is 1. The Kier molecular flexibility index (Phi) is 4.29. The summed E-state index contributed by atoms with van der Waals surface area (Å²) in [5.41, 5.74) is 6.34. The molecule has 0 radical (unpaired) electrons. The van der Waals surface area contributed by atoms with Gasteiger partial charge in [0, 0.05) is 31.2 Å². The molecule has 3 rings (SSSR count). The lowest BCUT2D eigenvalue weighted by molar-refractivity contribution is -0.125. The fourth-order valence-corrected chi connectivity index (χ4v) is 3.46. The molecule has 0 bridgehead atoms. The second kappa shape index (κ2) is 6.20. The van der Waals surface area contributed by atoms with Crippen LogP contribution in [0.5, 0.6) is 0 Å². The van der Waals surface area contributed by atoms with E-state index in [0.717, 1.165) is 31.7 Å². The standard InChI is InChI=1S/C16H21F2N3O/c17-10-4-5-15(13(18)8-10)21-7-6-11(9-21)20-16(22)12-2-1-3-14(12)19/h4-5,8,11-12,14H,1-3,6-7,9,19H2,(H,20,22)/t11-,12-,14-/m1/s1. The molecular weight excluding hydrogens is 288 g/mol. The van der Waals surface area contributed by atoms with E-state index in [0.29, 0.717) is 18.8 Å². The number of carbonyl (C=O) groups is 1. The molecule has 6 heteroatoms. The molecular formula is C16H21F2N3O. The van der Waals surface area contributed by atoms with Crippen LogP contribution in [-0.2, 0) is 4.79 Å². The Morgan fingerprint density at radius 1 is 1.27 bits per heavy atom. The number of nitrogens with zero attached hydrogens (tertiary/aromatic N) is 1. The summed E-state index contributed by atoms with van der Waals surface area (Å²) in [6.45, 7) is 1.18. The Morgan fingerprint density at radius 2 is 2.09 bits per heavy atom. The number of halogens is 2. The van der Waals surface area contributed by atoms with Gasteiger partial charge in [0.2, 0.25) is 5.91 Å². The van der Waals surface area contributed by atoms with E-state index in [4.69, 9.17) is 5.73 Å². The van der Waals surface area contributed by atoms with Crippen LogP contribution in [0.2, 0.25) is 0 Å². The van der Waals surface area contributed by atoms with Gasteiger partial charge in [-0.05, 0) is 31.4 Å². The third kappa shape index (κ3) is 3.06. The first-order chi connectivity index (χ1) is 10.5. The third-order valence-electron chi connectivity index (χ3n) is 4.69. The quantitative estimate of drug-likeness (QED) is 0.895. The Morgan fingerprint density at radius 3 is 2.77 bits per heavy atom.